The van der Waals surface area contributed by atoms with Crippen molar-refractivity contribution in [3.63, 3.8) is 0 Å². The van der Waals surface area contributed by atoms with Gasteiger partial charge in [-0.05, 0) is 30.5 Å². The van der Waals surface area contributed by atoms with Crippen molar-refractivity contribution >= 4 is 28.3 Å². The van der Waals surface area contributed by atoms with E-state index in [1.54, 1.807) is 15.9 Å². The second kappa shape index (κ2) is 4.38. The minimum absolute atomic E-state index is 0.0728. The van der Waals surface area contributed by atoms with Crippen LogP contribution in [0.15, 0.2) is 41.8 Å². The number of imidazole rings is 1. The Morgan fingerprint density at radius 1 is 1.28 bits per heavy atom. The molecule has 2 aromatic heterocycles. The van der Waals surface area contributed by atoms with E-state index in [0.717, 1.165) is 21.7 Å². The SMILES string of the molecule is Cc1nc2ccccc2n1C(=O)Cc1cccs1. The number of hydrogen-bond donors (Lipinski definition) is 0. The zero-order valence-corrected chi connectivity index (χ0v) is 10.8. The van der Waals surface area contributed by atoms with Gasteiger partial charge in [0.2, 0.25) is 5.91 Å². The molecule has 0 radical (unpaired) electrons. The van der Waals surface area contributed by atoms with Gasteiger partial charge in [-0.3, -0.25) is 9.36 Å². The summed E-state index contributed by atoms with van der Waals surface area (Å²) in [6.07, 6.45) is 0.429. The van der Waals surface area contributed by atoms with E-state index in [1.165, 1.54) is 0 Å². The molecule has 0 amide bonds. The molecule has 0 bridgehead atoms. The lowest BCUT2D eigenvalue weighted by Gasteiger charge is -2.03. The summed E-state index contributed by atoms with van der Waals surface area (Å²) in [6, 6.07) is 11.7. The smallest absolute Gasteiger partial charge is 0.237 e. The van der Waals surface area contributed by atoms with Gasteiger partial charge in [-0.2, -0.15) is 0 Å². The maximum Gasteiger partial charge on any atom is 0.237 e. The highest BCUT2D eigenvalue weighted by Crippen LogP contribution is 2.17. The fraction of sp³-hybridized carbons (Fsp3) is 0.143. The highest BCUT2D eigenvalue weighted by Gasteiger charge is 2.14. The quantitative estimate of drug-likeness (QED) is 0.705. The summed E-state index contributed by atoms with van der Waals surface area (Å²) in [4.78, 5) is 17.8. The molecule has 0 unspecified atom stereocenters. The van der Waals surface area contributed by atoms with Crippen LogP contribution >= 0.6 is 11.3 Å². The predicted octanol–water partition coefficient (Wildman–Crippen LogP) is 3.29. The summed E-state index contributed by atoms with van der Waals surface area (Å²) >= 11 is 1.61. The molecule has 0 saturated heterocycles. The summed E-state index contributed by atoms with van der Waals surface area (Å²) in [7, 11) is 0. The molecular weight excluding hydrogens is 244 g/mol. The lowest BCUT2D eigenvalue weighted by Crippen LogP contribution is -2.14. The van der Waals surface area contributed by atoms with Crippen molar-refractivity contribution in [2.45, 2.75) is 13.3 Å². The molecule has 0 spiro atoms. The van der Waals surface area contributed by atoms with Gasteiger partial charge in [0.15, 0.2) is 0 Å². The van der Waals surface area contributed by atoms with Gasteiger partial charge in [0.1, 0.15) is 5.82 Å². The second-order valence-electron chi connectivity index (χ2n) is 4.13. The fourth-order valence-electron chi connectivity index (χ4n) is 2.10. The number of nitrogens with zero attached hydrogens (tertiary/aromatic N) is 2. The van der Waals surface area contributed by atoms with E-state index in [2.05, 4.69) is 4.98 Å². The molecular formula is C14H12N2OS. The molecule has 3 nitrogen and oxygen atoms in total. The van der Waals surface area contributed by atoms with Gasteiger partial charge in [-0.1, -0.05) is 18.2 Å². The van der Waals surface area contributed by atoms with Crippen molar-refractivity contribution < 1.29 is 4.79 Å². The van der Waals surface area contributed by atoms with Crippen LogP contribution < -0.4 is 0 Å². The van der Waals surface area contributed by atoms with Gasteiger partial charge in [0, 0.05) is 4.88 Å². The molecule has 0 saturated carbocycles. The number of benzene rings is 1. The van der Waals surface area contributed by atoms with Crippen LogP contribution in [0.2, 0.25) is 0 Å². The van der Waals surface area contributed by atoms with E-state index >= 15 is 0 Å². The molecule has 1 aromatic carbocycles. The molecule has 90 valence electrons. The first kappa shape index (κ1) is 11.2. The Morgan fingerprint density at radius 2 is 2.11 bits per heavy atom. The molecule has 3 aromatic rings. The van der Waals surface area contributed by atoms with E-state index in [1.807, 2.05) is 48.7 Å². The molecule has 2 heterocycles. The summed E-state index contributed by atoms with van der Waals surface area (Å²) in [5.41, 5.74) is 1.76. The van der Waals surface area contributed by atoms with Crippen LogP contribution in [0.5, 0.6) is 0 Å². The van der Waals surface area contributed by atoms with Crippen LogP contribution in [-0.4, -0.2) is 15.5 Å². The Morgan fingerprint density at radius 3 is 2.89 bits per heavy atom. The van der Waals surface area contributed by atoms with Gasteiger partial charge in [-0.25, -0.2) is 4.98 Å². The number of rotatable bonds is 2. The third kappa shape index (κ3) is 1.84. The molecule has 0 aliphatic heterocycles. The monoisotopic (exact) mass is 256 g/mol. The van der Waals surface area contributed by atoms with Crippen LogP contribution in [0.1, 0.15) is 15.5 Å². The van der Waals surface area contributed by atoms with Crippen molar-refractivity contribution in [1.82, 2.24) is 9.55 Å². The molecule has 0 atom stereocenters. The number of thiophene rings is 1. The number of hydrogen-bond acceptors (Lipinski definition) is 3. The van der Waals surface area contributed by atoms with Crippen molar-refractivity contribution in [3.05, 3.63) is 52.5 Å². The Labute approximate surface area is 109 Å². The summed E-state index contributed by atoms with van der Waals surface area (Å²) in [5, 5.41) is 1.99. The topological polar surface area (TPSA) is 34.9 Å². The summed E-state index contributed by atoms with van der Waals surface area (Å²) in [5.74, 6) is 0.821. The number of para-hydroxylation sites is 2. The van der Waals surface area contributed by atoms with E-state index in [9.17, 15) is 4.79 Å². The highest BCUT2D eigenvalue weighted by atomic mass is 32.1. The number of aryl methyl sites for hydroxylation is 1. The number of aromatic nitrogens is 2. The summed E-state index contributed by atoms with van der Waals surface area (Å²) in [6.45, 7) is 1.87. The molecule has 0 fully saturated rings. The second-order valence-corrected chi connectivity index (χ2v) is 5.17. The third-order valence-electron chi connectivity index (χ3n) is 2.88. The Hall–Kier alpha value is -1.94. The Bertz CT molecular complexity index is 698. The van der Waals surface area contributed by atoms with Crippen LogP contribution in [0.4, 0.5) is 0 Å². The molecule has 18 heavy (non-hydrogen) atoms. The van der Waals surface area contributed by atoms with E-state index in [4.69, 9.17) is 0 Å². The normalized spacial score (nSPS) is 10.9. The lowest BCUT2D eigenvalue weighted by molar-refractivity contribution is 0.0917. The average molecular weight is 256 g/mol. The van der Waals surface area contributed by atoms with Crippen molar-refractivity contribution in [2.75, 3.05) is 0 Å². The van der Waals surface area contributed by atoms with Gasteiger partial charge in [-0.15, -0.1) is 11.3 Å². The maximum atomic E-state index is 12.3. The maximum absolute atomic E-state index is 12.3. The minimum atomic E-state index is 0.0728. The first-order valence-corrected chi connectivity index (χ1v) is 6.63. The standard InChI is InChI=1S/C14H12N2OS/c1-10-15-12-6-2-3-7-13(12)16(10)14(17)9-11-5-4-8-18-11/h2-8H,9H2,1H3. The van der Waals surface area contributed by atoms with Crippen LogP contribution in [0.25, 0.3) is 11.0 Å². The van der Waals surface area contributed by atoms with Crippen molar-refractivity contribution in [2.24, 2.45) is 0 Å². The molecule has 0 aliphatic rings. The summed E-state index contributed by atoms with van der Waals surface area (Å²) < 4.78 is 1.70. The zero-order chi connectivity index (χ0) is 12.5. The van der Waals surface area contributed by atoms with E-state index in [-0.39, 0.29) is 5.91 Å². The first-order chi connectivity index (χ1) is 8.75. The molecule has 0 N–H and O–H groups in total. The van der Waals surface area contributed by atoms with Crippen LogP contribution in [0, 0.1) is 6.92 Å². The van der Waals surface area contributed by atoms with Crippen LogP contribution in [-0.2, 0) is 6.42 Å². The van der Waals surface area contributed by atoms with Crippen LogP contribution in [0.3, 0.4) is 0 Å². The zero-order valence-electron chi connectivity index (χ0n) is 9.96. The highest BCUT2D eigenvalue weighted by molar-refractivity contribution is 7.10. The first-order valence-electron chi connectivity index (χ1n) is 5.75. The molecule has 4 heteroatoms. The molecule has 3 rings (SSSR count). The van der Waals surface area contributed by atoms with Crippen molar-refractivity contribution in [1.29, 1.82) is 0 Å². The largest absolute Gasteiger partial charge is 0.274 e. The van der Waals surface area contributed by atoms with Gasteiger partial charge in [0.05, 0.1) is 17.5 Å². The number of carbonyl (C=O) groups is 1. The third-order valence-corrected chi connectivity index (χ3v) is 3.76. The van der Waals surface area contributed by atoms with Gasteiger partial charge in [0.25, 0.3) is 0 Å². The number of fused-ring (bicyclic) bond motifs is 1. The Kier molecular flexibility index (Phi) is 2.72. The van der Waals surface area contributed by atoms with Crippen molar-refractivity contribution in [3.8, 4) is 0 Å². The number of carbonyl (C=O) groups excluding carboxylic acids is 1. The average Bonchev–Trinajstić information content (AvgIpc) is 2.94. The van der Waals surface area contributed by atoms with E-state index < -0.39 is 0 Å². The lowest BCUT2D eigenvalue weighted by atomic mass is 10.3. The fourth-order valence-corrected chi connectivity index (χ4v) is 2.80. The Balaban J connectivity index is 2.03. The van der Waals surface area contributed by atoms with E-state index in [0.29, 0.717) is 6.42 Å². The molecule has 0 aliphatic carbocycles. The minimum Gasteiger partial charge on any atom is -0.274 e. The predicted molar refractivity (Wildman–Crippen MR) is 73.1 cm³/mol. The van der Waals surface area contributed by atoms with Gasteiger partial charge >= 0.3 is 0 Å². The van der Waals surface area contributed by atoms with Gasteiger partial charge < -0.3 is 0 Å².